The van der Waals surface area contributed by atoms with E-state index < -0.39 is 0 Å². The van der Waals surface area contributed by atoms with E-state index in [4.69, 9.17) is 17.0 Å². The largest absolute Gasteiger partial charge is 0.497 e. The van der Waals surface area contributed by atoms with Crippen LogP contribution >= 0.6 is 23.6 Å². The second-order valence-corrected chi connectivity index (χ2v) is 7.27. The van der Waals surface area contributed by atoms with E-state index in [0.29, 0.717) is 15.7 Å². The van der Waals surface area contributed by atoms with Crippen LogP contribution in [0.4, 0.5) is 5.13 Å². The van der Waals surface area contributed by atoms with Crippen LogP contribution in [0, 0.1) is 4.77 Å². The fourth-order valence-corrected chi connectivity index (χ4v) is 3.45. The smallest absolute Gasteiger partial charge is 0.246 e. The highest BCUT2D eigenvalue weighted by Crippen LogP contribution is 2.21. The number of ether oxygens (including phenoxy) is 1. The SMILES string of the molecule is CCCCc1nnc(NC(=O)Cn2c(-c3ccc(OC)cc3)n[nH]c2=S)s1. The third-order valence-electron chi connectivity index (χ3n) is 3.87. The van der Waals surface area contributed by atoms with Gasteiger partial charge in [0.2, 0.25) is 11.0 Å². The molecule has 3 aromatic rings. The molecule has 0 radical (unpaired) electrons. The second-order valence-electron chi connectivity index (χ2n) is 5.82. The summed E-state index contributed by atoms with van der Waals surface area (Å²) in [5.41, 5.74) is 0.828. The van der Waals surface area contributed by atoms with Gasteiger partial charge in [0.15, 0.2) is 10.6 Å². The van der Waals surface area contributed by atoms with Crippen LogP contribution in [0.5, 0.6) is 5.75 Å². The third-order valence-corrected chi connectivity index (χ3v) is 5.08. The normalized spacial score (nSPS) is 10.7. The predicted octanol–water partition coefficient (Wildman–Crippen LogP) is 3.45. The van der Waals surface area contributed by atoms with E-state index in [-0.39, 0.29) is 12.5 Å². The number of H-pyrrole nitrogens is 1. The maximum Gasteiger partial charge on any atom is 0.246 e. The van der Waals surface area contributed by atoms with E-state index in [1.807, 2.05) is 24.3 Å². The van der Waals surface area contributed by atoms with Gasteiger partial charge in [-0.05, 0) is 42.9 Å². The number of aromatic nitrogens is 5. The fourth-order valence-electron chi connectivity index (χ4n) is 2.46. The number of unbranched alkanes of at least 4 members (excludes halogenated alkanes) is 1. The quantitative estimate of drug-likeness (QED) is 0.558. The van der Waals surface area contributed by atoms with Gasteiger partial charge in [0.25, 0.3) is 0 Å². The average Bonchev–Trinajstić information content (AvgIpc) is 3.27. The zero-order valence-corrected chi connectivity index (χ0v) is 16.7. The van der Waals surface area contributed by atoms with Crippen LogP contribution in [0.25, 0.3) is 11.4 Å². The molecule has 2 aromatic heterocycles. The lowest BCUT2D eigenvalue weighted by Crippen LogP contribution is -2.19. The molecule has 0 aliphatic rings. The Morgan fingerprint density at radius 3 is 2.81 bits per heavy atom. The van der Waals surface area contributed by atoms with Crippen molar-refractivity contribution >= 4 is 34.6 Å². The molecule has 1 aromatic carbocycles. The monoisotopic (exact) mass is 404 g/mol. The van der Waals surface area contributed by atoms with Crippen LogP contribution in [0.15, 0.2) is 24.3 Å². The molecule has 0 fully saturated rings. The van der Waals surface area contributed by atoms with Crippen molar-refractivity contribution in [2.75, 3.05) is 12.4 Å². The summed E-state index contributed by atoms with van der Waals surface area (Å²) in [6.07, 6.45) is 3.02. The summed E-state index contributed by atoms with van der Waals surface area (Å²) in [4.78, 5) is 12.4. The maximum absolute atomic E-state index is 12.4. The van der Waals surface area contributed by atoms with Crippen LogP contribution in [0.3, 0.4) is 0 Å². The molecule has 3 rings (SSSR count). The van der Waals surface area contributed by atoms with Crippen molar-refractivity contribution in [2.45, 2.75) is 32.7 Å². The lowest BCUT2D eigenvalue weighted by atomic mass is 10.2. The Morgan fingerprint density at radius 1 is 1.33 bits per heavy atom. The van der Waals surface area contributed by atoms with E-state index in [1.165, 1.54) is 11.3 Å². The number of nitrogens with zero attached hydrogens (tertiary/aromatic N) is 4. The number of methoxy groups -OCH3 is 1. The molecule has 8 nitrogen and oxygen atoms in total. The molecule has 142 valence electrons. The van der Waals surface area contributed by atoms with E-state index in [1.54, 1.807) is 11.7 Å². The zero-order chi connectivity index (χ0) is 19.2. The molecular formula is C17H20N6O2S2. The highest BCUT2D eigenvalue weighted by molar-refractivity contribution is 7.71. The lowest BCUT2D eigenvalue weighted by Gasteiger charge is -2.07. The first-order valence-electron chi connectivity index (χ1n) is 8.52. The number of carbonyl (C=O) groups is 1. The molecule has 0 saturated heterocycles. The third kappa shape index (κ3) is 4.77. The Morgan fingerprint density at radius 2 is 2.11 bits per heavy atom. The number of benzene rings is 1. The molecule has 2 heterocycles. The Labute approximate surface area is 165 Å². The minimum absolute atomic E-state index is 0.0283. The zero-order valence-electron chi connectivity index (χ0n) is 15.1. The molecular weight excluding hydrogens is 384 g/mol. The van der Waals surface area contributed by atoms with Gasteiger partial charge in [0.05, 0.1) is 7.11 Å². The number of aryl methyl sites for hydroxylation is 1. The summed E-state index contributed by atoms with van der Waals surface area (Å²) in [6, 6.07) is 7.39. The van der Waals surface area contributed by atoms with Crippen molar-refractivity contribution in [1.82, 2.24) is 25.0 Å². The Kier molecular flexibility index (Phi) is 6.30. The first-order chi connectivity index (χ1) is 13.1. The van der Waals surface area contributed by atoms with Gasteiger partial charge in [-0.1, -0.05) is 24.7 Å². The summed E-state index contributed by atoms with van der Waals surface area (Å²) in [6.45, 7) is 2.15. The van der Waals surface area contributed by atoms with Gasteiger partial charge in [-0.3, -0.25) is 19.8 Å². The molecule has 0 aliphatic carbocycles. The van der Waals surface area contributed by atoms with Crippen LogP contribution in [0.2, 0.25) is 0 Å². The average molecular weight is 405 g/mol. The van der Waals surface area contributed by atoms with Crippen LogP contribution < -0.4 is 10.1 Å². The second kappa shape index (κ2) is 8.87. The first-order valence-corrected chi connectivity index (χ1v) is 9.75. The molecule has 27 heavy (non-hydrogen) atoms. The minimum Gasteiger partial charge on any atom is -0.497 e. The van der Waals surface area contributed by atoms with Crippen molar-refractivity contribution in [2.24, 2.45) is 0 Å². The number of anilines is 1. The molecule has 10 heteroatoms. The molecule has 1 amide bonds. The molecule has 0 unspecified atom stereocenters. The number of hydrogen-bond acceptors (Lipinski definition) is 7. The van der Waals surface area contributed by atoms with E-state index >= 15 is 0 Å². The van der Waals surface area contributed by atoms with Crippen molar-refractivity contribution in [3.8, 4) is 17.1 Å². The van der Waals surface area contributed by atoms with Crippen molar-refractivity contribution in [3.63, 3.8) is 0 Å². The van der Waals surface area contributed by atoms with Gasteiger partial charge in [0, 0.05) is 12.0 Å². The Bertz CT molecular complexity index is 960. The molecule has 0 aliphatic heterocycles. The molecule has 2 N–H and O–H groups in total. The van der Waals surface area contributed by atoms with Crippen molar-refractivity contribution in [3.05, 3.63) is 34.0 Å². The summed E-state index contributed by atoms with van der Waals surface area (Å²) in [5.74, 6) is 1.09. The van der Waals surface area contributed by atoms with Gasteiger partial charge in [-0.15, -0.1) is 10.2 Å². The number of rotatable bonds is 8. The molecule has 0 atom stereocenters. The van der Waals surface area contributed by atoms with Gasteiger partial charge in [-0.2, -0.15) is 5.10 Å². The molecule has 0 saturated carbocycles. The summed E-state index contributed by atoms with van der Waals surface area (Å²) >= 11 is 6.67. The number of amides is 1. The van der Waals surface area contributed by atoms with Crippen LogP contribution in [-0.4, -0.2) is 38.0 Å². The molecule has 0 spiro atoms. The summed E-state index contributed by atoms with van der Waals surface area (Å²) in [7, 11) is 1.61. The topological polar surface area (TPSA) is 97.7 Å². The van der Waals surface area contributed by atoms with E-state index in [2.05, 4.69) is 32.6 Å². The summed E-state index contributed by atoms with van der Waals surface area (Å²) < 4.78 is 7.18. The van der Waals surface area contributed by atoms with Gasteiger partial charge < -0.3 is 4.74 Å². The number of hydrogen-bond donors (Lipinski definition) is 2. The van der Waals surface area contributed by atoms with Crippen LogP contribution in [0.1, 0.15) is 24.8 Å². The standard InChI is InChI=1S/C17H20N6O2S2/c1-3-4-5-14-19-21-16(27-14)18-13(24)10-23-15(20-22-17(23)26)11-6-8-12(25-2)9-7-11/h6-9H,3-5,10H2,1-2H3,(H,22,26)(H,18,21,24). The van der Waals surface area contributed by atoms with E-state index in [0.717, 1.165) is 35.6 Å². The maximum atomic E-state index is 12.4. The highest BCUT2D eigenvalue weighted by Gasteiger charge is 2.14. The first kappa shape index (κ1) is 19.2. The Balaban J connectivity index is 1.71. The van der Waals surface area contributed by atoms with Crippen molar-refractivity contribution in [1.29, 1.82) is 0 Å². The number of nitrogens with one attached hydrogen (secondary N) is 2. The van der Waals surface area contributed by atoms with Gasteiger partial charge >= 0.3 is 0 Å². The van der Waals surface area contributed by atoms with Crippen molar-refractivity contribution < 1.29 is 9.53 Å². The minimum atomic E-state index is -0.236. The van der Waals surface area contributed by atoms with Crippen LogP contribution in [-0.2, 0) is 17.8 Å². The highest BCUT2D eigenvalue weighted by atomic mass is 32.1. The number of carbonyl (C=O) groups excluding carboxylic acids is 1. The summed E-state index contributed by atoms with van der Waals surface area (Å²) in [5, 5.41) is 19.3. The molecule has 0 bridgehead atoms. The van der Waals surface area contributed by atoms with Gasteiger partial charge in [-0.25, -0.2) is 0 Å². The number of aromatic amines is 1. The Hall–Kier alpha value is -2.59. The van der Waals surface area contributed by atoms with E-state index in [9.17, 15) is 4.79 Å². The lowest BCUT2D eigenvalue weighted by molar-refractivity contribution is -0.116. The fraction of sp³-hybridized carbons (Fsp3) is 0.353. The van der Waals surface area contributed by atoms with Gasteiger partial charge in [0.1, 0.15) is 17.3 Å². The predicted molar refractivity (Wildman–Crippen MR) is 107 cm³/mol.